The summed E-state index contributed by atoms with van der Waals surface area (Å²) in [5.74, 6) is -0.342. The van der Waals surface area contributed by atoms with Gasteiger partial charge >= 0.3 is 0 Å². The van der Waals surface area contributed by atoms with Crippen LogP contribution in [0.1, 0.15) is 46.4 Å². The Bertz CT molecular complexity index is 1430. The maximum absolute atomic E-state index is 13.0. The third-order valence-electron chi connectivity index (χ3n) is 7.01. The maximum Gasteiger partial charge on any atom is 0.252 e. The fraction of sp³-hybridized carbons (Fsp3) is 0.357. The van der Waals surface area contributed by atoms with Gasteiger partial charge in [0.2, 0.25) is 0 Å². The first-order valence-electron chi connectivity index (χ1n) is 13.3. The zero-order chi connectivity index (χ0) is 27.3. The van der Waals surface area contributed by atoms with Crippen molar-refractivity contribution in [2.45, 2.75) is 47.7 Å². The van der Waals surface area contributed by atoms with E-state index in [4.69, 9.17) is 9.47 Å². The maximum atomic E-state index is 13.0. The highest BCUT2D eigenvalue weighted by atomic mass is 33.1. The number of nitrogens with zero attached hydrogens (tertiary/aromatic N) is 4. The van der Waals surface area contributed by atoms with Gasteiger partial charge in [0.15, 0.2) is 0 Å². The van der Waals surface area contributed by atoms with Crippen LogP contribution in [0, 0.1) is 0 Å². The molecule has 2 amide bonds. The average Bonchev–Trinajstić information content (AvgIpc) is 3.72. The lowest BCUT2D eigenvalue weighted by Crippen LogP contribution is -2.31. The van der Waals surface area contributed by atoms with E-state index >= 15 is 0 Å². The number of carbonyl (C=O) groups is 2. The molecule has 2 aliphatic heterocycles. The lowest BCUT2D eigenvalue weighted by Gasteiger charge is -2.14. The largest absolute Gasteiger partial charge is 0.376 e. The Labute approximate surface area is 238 Å². The Kier molecular flexibility index (Phi) is 8.37. The molecule has 0 aliphatic carbocycles. The van der Waals surface area contributed by atoms with Gasteiger partial charge in [-0.15, -0.1) is 0 Å². The van der Waals surface area contributed by atoms with E-state index in [2.05, 4.69) is 30.6 Å². The summed E-state index contributed by atoms with van der Waals surface area (Å²) in [5.41, 5.74) is 2.45. The topological polar surface area (TPSA) is 128 Å². The summed E-state index contributed by atoms with van der Waals surface area (Å²) in [4.78, 5) is 45.0. The molecule has 2 fully saturated rings. The minimum Gasteiger partial charge on any atom is -0.376 e. The minimum atomic E-state index is -0.171. The number of hydrogen-bond donors (Lipinski definition) is 2. The molecule has 2 aliphatic rings. The molecule has 40 heavy (non-hydrogen) atoms. The Hall–Kier alpha value is -3.32. The standard InChI is InChI=1S/C28H28N6O4S2/c35-27(31-11-17-3-1-9-37-17)19-5-7-23(25-21(19)13-29-15-33-25)39-40-24-8-6-20(22-14-30-16-34-26(22)24)28(36)32-12-18-4-2-10-38-18/h5-8,13-18H,1-4,9-12H2,(H,31,35)(H,32,36). The number of ether oxygens (including phenoxy) is 2. The summed E-state index contributed by atoms with van der Waals surface area (Å²) in [6.45, 7) is 2.46. The summed E-state index contributed by atoms with van der Waals surface area (Å²) >= 11 is 0. The second-order valence-electron chi connectivity index (χ2n) is 9.65. The molecule has 2 unspecified atom stereocenters. The van der Waals surface area contributed by atoms with Gasteiger partial charge in [0.25, 0.3) is 11.8 Å². The van der Waals surface area contributed by atoms with Gasteiger partial charge in [-0.3, -0.25) is 9.59 Å². The Morgan fingerprint density at radius 1 is 0.750 bits per heavy atom. The molecule has 12 heteroatoms. The van der Waals surface area contributed by atoms with Crippen LogP contribution in [0.25, 0.3) is 21.8 Å². The van der Waals surface area contributed by atoms with Gasteiger partial charge in [-0.25, -0.2) is 19.9 Å². The number of nitrogens with one attached hydrogen (secondary N) is 2. The Morgan fingerprint density at radius 3 is 1.65 bits per heavy atom. The van der Waals surface area contributed by atoms with Crippen LogP contribution in [0.5, 0.6) is 0 Å². The highest BCUT2D eigenvalue weighted by Crippen LogP contribution is 2.43. The van der Waals surface area contributed by atoms with Crippen LogP contribution in [-0.4, -0.2) is 70.3 Å². The van der Waals surface area contributed by atoms with Crippen molar-refractivity contribution < 1.29 is 19.1 Å². The Balaban J connectivity index is 1.19. The van der Waals surface area contributed by atoms with Crippen molar-refractivity contribution in [3.8, 4) is 0 Å². The summed E-state index contributed by atoms with van der Waals surface area (Å²) in [5, 5.41) is 7.34. The van der Waals surface area contributed by atoms with Gasteiger partial charge in [0, 0.05) is 59.3 Å². The minimum absolute atomic E-state index is 0.0649. The summed E-state index contributed by atoms with van der Waals surface area (Å²) in [6.07, 6.45) is 10.4. The van der Waals surface area contributed by atoms with Crippen molar-refractivity contribution in [3.63, 3.8) is 0 Å². The van der Waals surface area contributed by atoms with Crippen LogP contribution in [0.3, 0.4) is 0 Å². The molecule has 206 valence electrons. The molecular formula is C28H28N6O4S2. The average molecular weight is 577 g/mol. The quantitative estimate of drug-likeness (QED) is 0.280. The van der Waals surface area contributed by atoms with E-state index in [-0.39, 0.29) is 24.0 Å². The molecule has 2 atom stereocenters. The van der Waals surface area contributed by atoms with Crippen LogP contribution in [-0.2, 0) is 9.47 Å². The fourth-order valence-electron chi connectivity index (χ4n) is 4.94. The van der Waals surface area contributed by atoms with Gasteiger partial charge in [0.1, 0.15) is 12.7 Å². The highest BCUT2D eigenvalue weighted by molar-refractivity contribution is 8.76. The second kappa shape index (κ2) is 12.5. The number of carbonyl (C=O) groups excluding carboxylic acids is 2. The molecule has 0 bridgehead atoms. The van der Waals surface area contributed by atoms with E-state index in [1.165, 1.54) is 34.2 Å². The van der Waals surface area contributed by atoms with Crippen molar-refractivity contribution in [1.29, 1.82) is 0 Å². The normalized spacial score (nSPS) is 18.8. The lowest BCUT2D eigenvalue weighted by atomic mass is 10.1. The smallest absolute Gasteiger partial charge is 0.252 e. The molecule has 10 nitrogen and oxygen atoms in total. The predicted molar refractivity (Wildman–Crippen MR) is 153 cm³/mol. The van der Waals surface area contributed by atoms with Crippen LogP contribution in [0.2, 0.25) is 0 Å². The van der Waals surface area contributed by atoms with E-state index in [0.717, 1.165) is 48.7 Å². The molecule has 0 radical (unpaired) electrons. The van der Waals surface area contributed by atoms with Crippen molar-refractivity contribution >= 4 is 55.2 Å². The van der Waals surface area contributed by atoms with Crippen LogP contribution in [0.15, 0.2) is 59.1 Å². The van der Waals surface area contributed by atoms with Crippen molar-refractivity contribution in [1.82, 2.24) is 30.6 Å². The van der Waals surface area contributed by atoms with Gasteiger partial charge < -0.3 is 20.1 Å². The molecule has 6 rings (SSSR count). The van der Waals surface area contributed by atoms with Gasteiger partial charge in [-0.2, -0.15) is 0 Å². The summed E-state index contributed by atoms with van der Waals surface area (Å²) < 4.78 is 11.2. The SMILES string of the molecule is O=C(NCC1CCCO1)c1ccc(SSc2ccc(C(=O)NCC3CCCO3)c3cncnc23)c2ncncc12. The van der Waals surface area contributed by atoms with E-state index in [9.17, 15) is 9.59 Å². The molecule has 4 aromatic rings. The summed E-state index contributed by atoms with van der Waals surface area (Å²) in [6, 6.07) is 7.42. The van der Waals surface area contributed by atoms with Gasteiger partial charge in [-0.1, -0.05) is 21.6 Å². The zero-order valence-corrected chi connectivity index (χ0v) is 23.3. The molecular weight excluding hydrogens is 548 g/mol. The van der Waals surface area contributed by atoms with Crippen LogP contribution in [0.4, 0.5) is 0 Å². The number of amides is 2. The number of fused-ring (bicyclic) bond motifs is 2. The molecule has 2 N–H and O–H groups in total. The molecule has 4 heterocycles. The van der Waals surface area contributed by atoms with E-state index in [0.29, 0.717) is 46.0 Å². The second-order valence-corrected chi connectivity index (χ2v) is 11.9. The third kappa shape index (κ3) is 5.90. The zero-order valence-electron chi connectivity index (χ0n) is 21.7. The van der Waals surface area contributed by atoms with Crippen molar-refractivity contribution in [2.24, 2.45) is 0 Å². The first kappa shape index (κ1) is 26.9. The number of rotatable bonds is 9. The first-order valence-corrected chi connectivity index (χ1v) is 15.4. The molecule has 0 saturated carbocycles. The van der Waals surface area contributed by atoms with Crippen LogP contribution >= 0.6 is 21.6 Å². The number of hydrogen-bond acceptors (Lipinski definition) is 10. The molecule has 2 aromatic heterocycles. The van der Waals surface area contributed by atoms with Crippen molar-refractivity contribution in [2.75, 3.05) is 26.3 Å². The van der Waals surface area contributed by atoms with Crippen molar-refractivity contribution in [3.05, 3.63) is 60.4 Å². The first-order chi connectivity index (χ1) is 19.7. The highest BCUT2D eigenvalue weighted by Gasteiger charge is 2.21. The van der Waals surface area contributed by atoms with E-state index in [1.54, 1.807) is 24.5 Å². The third-order valence-corrected chi connectivity index (χ3v) is 9.44. The van der Waals surface area contributed by atoms with E-state index < -0.39 is 0 Å². The van der Waals surface area contributed by atoms with Gasteiger partial charge in [-0.05, 0) is 49.9 Å². The number of aromatic nitrogens is 4. The Morgan fingerprint density at radius 2 is 1.23 bits per heavy atom. The molecule has 2 saturated heterocycles. The molecule has 0 spiro atoms. The summed E-state index contributed by atoms with van der Waals surface area (Å²) in [7, 11) is 3.02. The van der Waals surface area contributed by atoms with Gasteiger partial charge in [0.05, 0.1) is 34.4 Å². The number of benzene rings is 2. The molecule has 2 aromatic carbocycles. The van der Waals surface area contributed by atoms with Crippen LogP contribution < -0.4 is 10.6 Å². The fourth-order valence-corrected chi connectivity index (χ4v) is 7.19. The lowest BCUT2D eigenvalue weighted by molar-refractivity contribution is 0.0855. The van der Waals surface area contributed by atoms with E-state index in [1.807, 2.05) is 12.1 Å². The predicted octanol–water partition coefficient (Wildman–Crippen LogP) is 4.19. The monoisotopic (exact) mass is 576 g/mol.